The first-order chi connectivity index (χ1) is 15.2. The molecule has 3 aromatic rings. The smallest absolute Gasteiger partial charge is 0.254 e. The predicted octanol–water partition coefficient (Wildman–Crippen LogP) is 4.93. The van der Waals surface area contributed by atoms with Gasteiger partial charge in [-0.3, -0.25) is 4.79 Å². The van der Waals surface area contributed by atoms with Crippen LogP contribution in [0.5, 0.6) is 5.75 Å². The standard InChI is InChI=1S/C25H24N2O3S/c26-16-19-6-1-2-7-20(19)17-30-22-10-3-8-18(14-22)25(29)27-12-4-9-21(27)15-23(28)24-11-5-13-31-24/h1-3,5-8,10-11,13-14,21,23,28H,4,9,12,15,17H2/t21-,23-/m0/s1. The molecule has 0 aliphatic carbocycles. The summed E-state index contributed by atoms with van der Waals surface area (Å²) in [6.07, 6.45) is 1.84. The molecule has 31 heavy (non-hydrogen) atoms. The molecular weight excluding hydrogens is 408 g/mol. The van der Waals surface area contributed by atoms with E-state index in [1.54, 1.807) is 18.2 Å². The zero-order valence-electron chi connectivity index (χ0n) is 17.1. The van der Waals surface area contributed by atoms with Gasteiger partial charge in [0.15, 0.2) is 0 Å². The van der Waals surface area contributed by atoms with Crippen LogP contribution in [0, 0.1) is 11.3 Å². The van der Waals surface area contributed by atoms with Crippen molar-refractivity contribution < 1.29 is 14.6 Å². The van der Waals surface area contributed by atoms with Crippen molar-refractivity contribution >= 4 is 17.2 Å². The van der Waals surface area contributed by atoms with Gasteiger partial charge >= 0.3 is 0 Å². The second-order valence-electron chi connectivity index (χ2n) is 7.65. The van der Waals surface area contributed by atoms with E-state index in [2.05, 4.69) is 6.07 Å². The molecule has 2 atom stereocenters. The fourth-order valence-corrected chi connectivity index (χ4v) is 4.73. The van der Waals surface area contributed by atoms with Crippen molar-refractivity contribution in [2.75, 3.05) is 6.54 Å². The summed E-state index contributed by atoms with van der Waals surface area (Å²) in [5.74, 6) is 0.553. The molecule has 1 aliphatic rings. The van der Waals surface area contributed by atoms with Gasteiger partial charge in [0.1, 0.15) is 12.4 Å². The number of amides is 1. The molecule has 0 spiro atoms. The molecule has 6 heteroatoms. The van der Waals surface area contributed by atoms with E-state index in [4.69, 9.17) is 4.74 Å². The van der Waals surface area contributed by atoms with Crippen LogP contribution >= 0.6 is 11.3 Å². The third kappa shape index (κ3) is 4.96. The quantitative estimate of drug-likeness (QED) is 0.575. The molecule has 158 valence electrons. The minimum Gasteiger partial charge on any atom is -0.489 e. The number of likely N-dealkylation sites (tertiary alicyclic amines) is 1. The Morgan fingerprint density at radius 2 is 2.10 bits per heavy atom. The number of aliphatic hydroxyl groups is 1. The molecule has 1 N–H and O–H groups in total. The second kappa shape index (κ2) is 9.78. The van der Waals surface area contributed by atoms with Crippen molar-refractivity contribution in [3.05, 3.63) is 87.6 Å². The SMILES string of the molecule is N#Cc1ccccc1COc1cccc(C(=O)N2CCC[C@H]2C[C@H](O)c2cccs2)c1. The van der Waals surface area contributed by atoms with Crippen LogP contribution in [-0.2, 0) is 6.61 Å². The lowest BCUT2D eigenvalue weighted by molar-refractivity contribution is 0.0669. The lowest BCUT2D eigenvalue weighted by atomic mass is 10.0. The van der Waals surface area contributed by atoms with E-state index >= 15 is 0 Å². The predicted molar refractivity (Wildman–Crippen MR) is 120 cm³/mol. The highest BCUT2D eigenvalue weighted by Crippen LogP contribution is 2.31. The zero-order chi connectivity index (χ0) is 21.6. The van der Waals surface area contributed by atoms with Crippen LogP contribution in [0.3, 0.4) is 0 Å². The summed E-state index contributed by atoms with van der Waals surface area (Å²) < 4.78 is 5.87. The van der Waals surface area contributed by atoms with E-state index in [0.29, 0.717) is 29.8 Å². The van der Waals surface area contributed by atoms with Gasteiger partial charge in [0.25, 0.3) is 5.91 Å². The summed E-state index contributed by atoms with van der Waals surface area (Å²) in [5, 5.41) is 21.7. The molecule has 1 fully saturated rings. The fraction of sp³-hybridized carbons (Fsp3) is 0.280. The van der Waals surface area contributed by atoms with Crippen molar-refractivity contribution in [3.63, 3.8) is 0 Å². The summed E-state index contributed by atoms with van der Waals surface area (Å²) in [6, 6.07) is 20.5. The third-order valence-corrected chi connectivity index (χ3v) is 6.59. The van der Waals surface area contributed by atoms with E-state index in [-0.39, 0.29) is 18.6 Å². The Bertz CT molecular complexity index is 1070. The van der Waals surface area contributed by atoms with Gasteiger partial charge in [-0.05, 0) is 55.0 Å². The second-order valence-corrected chi connectivity index (χ2v) is 8.63. The van der Waals surface area contributed by atoms with Gasteiger partial charge in [0, 0.05) is 28.6 Å². The van der Waals surface area contributed by atoms with Crippen LogP contribution in [0.25, 0.3) is 0 Å². The average Bonchev–Trinajstić information content (AvgIpc) is 3.50. The first kappa shape index (κ1) is 21.1. The normalized spacial score (nSPS) is 16.6. The van der Waals surface area contributed by atoms with Crippen LogP contribution in [-0.4, -0.2) is 28.5 Å². The molecule has 2 aromatic carbocycles. The minimum atomic E-state index is -0.548. The molecule has 0 saturated carbocycles. The number of carbonyl (C=O) groups excluding carboxylic acids is 1. The molecule has 2 heterocycles. The minimum absolute atomic E-state index is 0.0247. The highest BCUT2D eigenvalue weighted by atomic mass is 32.1. The average molecular weight is 433 g/mol. The van der Waals surface area contributed by atoms with E-state index in [1.807, 2.05) is 52.7 Å². The highest BCUT2D eigenvalue weighted by molar-refractivity contribution is 7.10. The van der Waals surface area contributed by atoms with E-state index < -0.39 is 6.10 Å². The molecule has 5 nitrogen and oxygen atoms in total. The van der Waals surface area contributed by atoms with Crippen molar-refractivity contribution in [1.82, 2.24) is 4.90 Å². The molecule has 1 saturated heterocycles. The molecule has 0 unspecified atom stereocenters. The number of rotatable bonds is 7. The van der Waals surface area contributed by atoms with Crippen LogP contribution < -0.4 is 4.74 Å². The first-order valence-corrected chi connectivity index (χ1v) is 11.3. The van der Waals surface area contributed by atoms with Gasteiger partial charge in [-0.1, -0.05) is 30.3 Å². The summed E-state index contributed by atoms with van der Waals surface area (Å²) in [5.41, 5.74) is 1.96. The first-order valence-electron chi connectivity index (χ1n) is 10.4. The van der Waals surface area contributed by atoms with Gasteiger partial charge in [-0.2, -0.15) is 5.26 Å². The maximum atomic E-state index is 13.2. The number of hydrogen-bond donors (Lipinski definition) is 1. The summed E-state index contributed by atoms with van der Waals surface area (Å²) in [6.45, 7) is 0.960. The van der Waals surface area contributed by atoms with Gasteiger partial charge < -0.3 is 14.7 Å². The van der Waals surface area contributed by atoms with Crippen LogP contribution in [0.1, 0.15) is 51.7 Å². The highest BCUT2D eigenvalue weighted by Gasteiger charge is 2.31. The Balaban J connectivity index is 1.43. The number of hydrogen-bond acceptors (Lipinski definition) is 5. The summed E-state index contributed by atoms with van der Waals surface area (Å²) in [4.78, 5) is 16.0. The number of benzene rings is 2. The molecule has 4 rings (SSSR count). The number of nitriles is 1. The number of aliphatic hydroxyl groups excluding tert-OH is 1. The molecule has 0 radical (unpaired) electrons. The lowest BCUT2D eigenvalue weighted by Crippen LogP contribution is -2.36. The maximum Gasteiger partial charge on any atom is 0.254 e. The Labute approximate surface area is 186 Å². The van der Waals surface area contributed by atoms with Crippen molar-refractivity contribution in [2.45, 2.75) is 38.0 Å². The fourth-order valence-electron chi connectivity index (χ4n) is 4.00. The molecule has 0 bridgehead atoms. The van der Waals surface area contributed by atoms with E-state index in [1.165, 1.54) is 11.3 Å². The Morgan fingerprint density at radius 3 is 2.90 bits per heavy atom. The number of carbonyl (C=O) groups is 1. The van der Waals surface area contributed by atoms with Gasteiger partial charge in [0.05, 0.1) is 17.7 Å². The Morgan fingerprint density at radius 1 is 1.23 bits per heavy atom. The van der Waals surface area contributed by atoms with E-state index in [9.17, 15) is 15.2 Å². The zero-order valence-corrected chi connectivity index (χ0v) is 17.9. The largest absolute Gasteiger partial charge is 0.489 e. The van der Waals surface area contributed by atoms with Crippen LogP contribution in [0.2, 0.25) is 0 Å². The maximum absolute atomic E-state index is 13.2. The third-order valence-electron chi connectivity index (χ3n) is 5.62. The Kier molecular flexibility index (Phi) is 6.66. The van der Waals surface area contributed by atoms with Crippen molar-refractivity contribution in [1.29, 1.82) is 5.26 Å². The molecule has 1 amide bonds. The number of ether oxygens (including phenoxy) is 1. The van der Waals surface area contributed by atoms with Crippen molar-refractivity contribution in [2.24, 2.45) is 0 Å². The Hall–Kier alpha value is -3.14. The van der Waals surface area contributed by atoms with E-state index in [0.717, 1.165) is 23.3 Å². The number of thiophene rings is 1. The topological polar surface area (TPSA) is 73.6 Å². The molecule has 1 aliphatic heterocycles. The van der Waals surface area contributed by atoms with Crippen molar-refractivity contribution in [3.8, 4) is 11.8 Å². The van der Waals surface area contributed by atoms with Gasteiger partial charge in [-0.25, -0.2) is 0 Å². The molecule has 1 aromatic heterocycles. The summed E-state index contributed by atoms with van der Waals surface area (Å²) >= 11 is 1.54. The monoisotopic (exact) mass is 432 g/mol. The van der Waals surface area contributed by atoms with Crippen LogP contribution in [0.4, 0.5) is 0 Å². The van der Waals surface area contributed by atoms with Gasteiger partial charge in [-0.15, -0.1) is 11.3 Å². The summed E-state index contributed by atoms with van der Waals surface area (Å²) in [7, 11) is 0. The van der Waals surface area contributed by atoms with Crippen LogP contribution in [0.15, 0.2) is 66.0 Å². The molecular formula is C25H24N2O3S. The lowest BCUT2D eigenvalue weighted by Gasteiger charge is -2.26. The van der Waals surface area contributed by atoms with Gasteiger partial charge in [0.2, 0.25) is 0 Å². The number of nitrogens with zero attached hydrogens (tertiary/aromatic N) is 2.